The zero-order valence-electron chi connectivity index (χ0n) is 10.3. The van der Waals surface area contributed by atoms with Crippen molar-refractivity contribution in [2.75, 3.05) is 20.3 Å². The van der Waals surface area contributed by atoms with Crippen LogP contribution in [0.4, 0.5) is 0 Å². The second-order valence-corrected chi connectivity index (χ2v) is 5.56. The van der Waals surface area contributed by atoms with Crippen molar-refractivity contribution in [2.45, 2.75) is 30.5 Å². The number of methoxy groups -OCH3 is 1. The molecule has 0 aromatic heterocycles. The Morgan fingerprint density at radius 2 is 2.06 bits per heavy atom. The Balaban J connectivity index is 2.50. The van der Waals surface area contributed by atoms with Crippen LogP contribution in [0.1, 0.15) is 19.4 Å². The molecule has 0 spiro atoms. The smallest absolute Gasteiger partial charge is 0.0587 e. The van der Waals surface area contributed by atoms with Gasteiger partial charge in [0.05, 0.1) is 6.61 Å². The van der Waals surface area contributed by atoms with E-state index in [4.69, 9.17) is 4.74 Å². The van der Waals surface area contributed by atoms with E-state index < -0.39 is 0 Å². The molecule has 0 saturated heterocycles. The van der Waals surface area contributed by atoms with Crippen LogP contribution in [0.2, 0.25) is 0 Å². The summed E-state index contributed by atoms with van der Waals surface area (Å²) in [4.78, 5) is 1.38. The zero-order chi connectivity index (χ0) is 11.8. The summed E-state index contributed by atoms with van der Waals surface area (Å²) in [6, 6.07) is 8.57. The molecule has 1 rings (SSSR count). The van der Waals surface area contributed by atoms with Crippen molar-refractivity contribution in [3.8, 4) is 0 Å². The van der Waals surface area contributed by atoms with Crippen LogP contribution in [-0.2, 0) is 11.3 Å². The van der Waals surface area contributed by atoms with Gasteiger partial charge < -0.3 is 10.1 Å². The minimum atomic E-state index is 0.625. The van der Waals surface area contributed by atoms with Crippen molar-refractivity contribution in [3.63, 3.8) is 0 Å². The summed E-state index contributed by atoms with van der Waals surface area (Å²) >= 11 is 1.92. The molecular formula is C13H21NOS. The summed E-state index contributed by atoms with van der Waals surface area (Å²) in [5.74, 6) is 0. The summed E-state index contributed by atoms with van der Waals surface area (Å²) in [6.07, 6.45) is 0. The maximum absolute atomic E-state index is 5.01. The lowest BCUT2D eigenvalue weighted by Crippen LogP contribution is -2.18. The molecule has 1 N–H and O–H groups in total. The van der Waals surface area contributed by atoms with Crippen molar-refractivity contribution >= 4 is 11.8 Å². The van der Waals surface area contributed by atoms with E-state index in [0.717, 1.165) is 19.7 Å². The lowest BCUT2D eigenvalue weighted by atomic mass is 10.2. The van der Waals surface area contributed by atoms with Gasteiger partial charge in [-0.1, -0.05) is 32.0 Å². The van der Waals surface area contributed by atoms with Crippen molar-refractivity contribution < 1.29 is 4.74 Å². The highest BCUT2D eigenvalue weighted by Gasteiger charge is 2.03. The average Bonchev–Trinajstić information content (AvgIpc) is 2.26. The third kappa shape index (κ3) is 5.01. The molecule has 0 saturated carbocycles. The van der Waals surface area contributed by atoms with E-state index >= 15 is 0 Å². The van der Waals surface area contributed by atoms with Crippen molar-refractivity contribution in [2.24, 2.45) is 0 Å². The molecule has 16 heavy (non-hydrogen) atoms. The van der Waals surface area contributed by atoms with Gasteiger partial charge in [0.25, 0.3) is 0 Å². The van der Waals surface area contributed by atoms with Gasteiger partial charge in [-0.15, -0.1) is 11.8 Å². The van der Waals surface area contributed by atoms with Crippen LogP contribution in [0.25, 0.3) is 0 Å². The van der Waals surface area contributed by atoms with Crippen LogP contribution in [0.3, 0.4) is 0 Å². The van der Waals surface area contributed by atoms with E-state index in [-0.39, 0.29) is 0 Å². The molecule has 0 aliphatic rings. The Kier molecular flexibility index (Phi) is 6.53. The fraction of sp³-hybridized carbons (Fsp3) is 0.538. The lowest BCUT2D eigenvalue weighted by molar-refractivity contribution is 0.199. The first kappa shape index (κ1) is 13.6. The summed E-state index contributed by atoms with van der Waals surface area (Å²) in [5.41, 5.74) is 1.37. The van der Waals surface area contributed by atoms with Crippen molar-refractivity contribution in [1.82, 2.24) is 5.32 Å². The molecule has 0 unspecified atom stereocenters. The van der Waals surface area contributed by atoms with Gasteiger partial charge in [-0.25, -0.2) is 0 Å². The van der Waals surface area contributed by atoms with Gasteiger partial charge in [0.2, 0.25) is 0 Å². The van der Waals surface area contributed by atoms with E-state index in [0.29, 0.717) is 5.25 Å². The van der Waals surface area contributed by atoms with E-state index in [1.165, 1.54) is 10.5 Å². The van der Waals surface area contributed by atoms with Crippen LogP contribution >= 0.6 is 11.8 Å². The van der Waals surface area contributed by atoms with Gasteiger partial charge in [-0.2, -0.15) is 0 Å². The number of hydrogen-bond donors (Lipinski definition) is 1. The predicted molar refractivity (Wildman–Crippen MR) is 71.0 cm³/mol. The predicted octanol–water partition coefficient (Wildman–Crippen LogP) is 2.92. The maximum Gasteiger partial charge on any atom is 0.0587 e. The first-order valence-corrected chi connectivity index (χ1v) is 6.56. The summed E-state index contributed by atoms with van der Waals surface area (Å²) in [5, 5.41) is 4.00. The molecule has 1 aromatic carbocycles. The number of hydrogen-bond acceptors (Lipinski definition) is 3. The Bertz CT molecular complexity index is 302. The Labute approximate surface area is 103 Å². The van der Waals surface area contributed by atoms with Gasteiger partial charge in [0, 0.05) is 30.3 Å². The monoisotopic (exact) mass is 239 g/mol. The molecule has 0 amide bonds. The topological polar surface area (TPSA) is 21.3 Å². The lowest BCUT2D eigenvalue weighted by Gasteiger charge is -2.11. The van der Waals surface area contributed by atoms with E-state index in [2.05, 4.69) is 43.4 Å². The first-order valence-electron chi connectivity index (χ1n) is 5.68. The molecule has 0 atom stereocenters. The molecule has 1 aromatic rings. The molecule has 0 heterocycles. The third-order valence-electron chi connectivity index (χ3n) is 2.13. The van der Waals surface area contributed by atoms with Crippen LogP contribution in [-0.4, -0.2) is 25.5 Å². The average molecular weight is 239 g/mol. The number of nitrogens with one attached hydrogen (secondary N) is 1. The van der Waals surface area contributed by atoms with Crippen molar-refractivity contribution in [3.05, 3.63) is 29.8 Å². The van der Waals surface area contributed by atoms with Gasteiger partial charge in [-0.05, 0) is 11.6 Å². The number of rotatable bonds is 7. The normalized spacial score (nSPS) is 11.0. The SMILES string of the molecule is COCCNCc1ccccc1SC(C)C. The molecule has 0 aliphatic heterocycles. The fourth-order valence-electron chi connectivity index (χ4n) is 1.42. The van der Waals surface area contributed by atoms with Crippen LogP contribution in [0.5, 0.6) is 0 Å². The highest BCUT2D eigenvalue weighted by Crippen LogP contribution is 2.26. The Hall–Kier alpha value is -0.510. The highest BCUT2D eigenvalue weighted by atomic mass is 32.2. The molecule has 2 nitrogen and oxygen atoms in total. The molecular weight excluding hydrogens is 218 g/mol. The fourth-order valence-corrected chi connectivity index (χ4v) is 2.37. The van der Waals surface area contributed by atoms with Gasteiger partial charge >= 0.3 is 0 Å². The third-order valence-corrected chi connectivity index (χ3v) is 3.26. The van der Waals surface area contributed by atoms with Crippen LogP contribution < -0.4 is 5.32 Å². The molecule has 0 radical (unpaired) electrons. The van der Waals surface area contributed by atoms with Crippen LogP contribution in [0, 0.1) is 0 Å². The first-order chi connectivity index (χ1) is 7.74. The largest absolute Gasteiger partial charge is 0.383 e. The molecule has 0 bridgehead atoms. The zero-order valence-corrected chi connectivity index (χ0v) is 11.1. The molecule has 90 valence electrons. The summed E-state index contributed by atoms with van der Waals surface area (Å²) in [7, 11) is 1.73. The highest BCUT2D eigenvalue weighted by molar-refractivity contribution is 8.00. The van der Waals surface area contributed by atoms with Crippen LogP contribution in [0.15, 0.2) is 29.2 Å². The summed E-state index contributed by atoms with van der Waals surface area (Å²) < 4.78 is 5.01. The van der Waals surface area contributed by atoms with Gasteiger partial charge in [0.15, 0.2) is 0 Å². The van der Waals surface area contributed by atoms with Crippen molar-refractivity contribution in [1.29, 1.82) is 0 Å². The Morgan fingerprint density at radius 3 is 2.75 bits per heavy atom. The number of thioether (sulfide) groups is 1. The molecule has 0 aliphatic carbocycles. The summed E-state index contributed by atoms with van der Waals surface area (Å²) in [6.45, 7) is 7.02. The van der Waals surface area contributed by atoms with E-state index in [1.807, 2.05) is 11.8 Å². The Morgan fingerprint density at radius 1 is 1.31 bits per heavy atom. The van der Waals surface area contributed by atoms with Gasteiger partial charge in [0.1, 0.15) is 0 Å². The quantitative estimate of drug-likeness (QED) is 0.584. The minimum absolute atomic E-state index is 0.625. The van der Waals surface area contributed by atoms with Gasteiger partial charge in [-0.3, -0.25) is 0 Å². The molecule has 0 fully saturated rings. The van der Waals surface area contributed by atoms with E-state index in [9.17, 15) is 0 Å². The molecule has 3 heteroatoms. The second-order valence-electron chi connectivity index (χ2n) is 3.94. The number of ether oxygens (including phenoxy) is 1. The number of benzene rings is 1. The minimum Gasteiger partial charge on any atom is -0.383 e. The maximum atomic E-state index is 5.01. The second kappa shape index (κ2) is 7.71. The standard InChI is InChI=1S/C13H21NOS/c1-11(2)16-13-7-5-4-6-12(13)10-14-8-9-15-3/h4-7,11,14H,8-10H2,1-3H3. The van der Waals surface area contributed by atoms with E-state index in [1.54, 1.807) is 7.11 Å².